The van der Waals surface area contributed by atoms with Gasteiger partial charge in [-0.25, -0.2) is 12.8 Å². The lowest BCUT2D eigenvalue weighted by atomic mass is 9.87. The van der Waals surface area contributed by atoms with Crippen LogP contribution in [0.3, 0.4) is 0 Å². The van der Waals surface area contributed by atoms with Gasteiger partial charge in [-0.2, -0.15) is 0 Å². The Morgan fingerprint density at radius 2 is 1.60 bits per heavy atom. The first-order valence-corrected chi connectivity index (χ1v) is 9.54. The van der Waals surface area contributed by atoms with Gasteiger partial charge in [-0.3, -0.25) is 14.3 Å². The van der Waals surface area contributed by atoms with E-state index >= 15 is 0 Å². The number of benzene rings is 1. The number of carbonyl (C=O) groups is 2. The van der Waals surface area contributed by atoms with Crippen molar-refractivity contribution < 1.29 is 27.1 Å². The number of ether oxygens (including phenoxy) is 1. The van der Waals surface area contributed by atoms with Gasteiger partial charge in [0.25, 0.3) is 0 Å². The minimum absolute atomic E-state index is 0.0392. The minimum Gasteiger partial charge on any atom is -0.468 e. The highest BCUT2D eigenvalue weighted by Gasteiger charge is 2.23. The predicted molar refractivity (Wildman–Crippen MR) is 92.2 cm³/mol. The first-order valence-electron chi connectivity index (χ1n) is 7.89. The van der Waals surface area contributed by atoms with E-state index in [0.717, 1.165) is 7.11 Å². The molecule has 0 saturated heterocycles. The average Bonchev–Trinajstić information content (AvgIpc) is 2.46. The van der Waals surface area contributed by atoms with E-state index in [0.29, 0.717) is 16.7 Å². The summed E-state index contributed by atoms with van der Waals surface area (Å²) in [4.78, 5) is 23.3. The minimum atomic E-state index is -4.13. The SMILES string of the molecule is COC(=O)CS(=O)(=O)NC(=O)Cc1c(C(C)C)cc(F)cc1C(C)C. The fourth-order valence-corrected chi connectivity index (χ4v) is 3.45. The van der Waals surface area contributed by atoms with Crippen LogP contribution in [0.25, 0.3) is 0 Å². The average molecular weight is 373 g/mol. The number of esters is 1. The van der Waals surface area contributed by atoms with E-state index in [9.17, 15) is 22.4 Å². The summed E-state index contributed by atoms with van der Waals surface area (Å²) in [6.45, 7) is 7.48. The standard InChI is InChI=1S/C17H24FNO5S/c1-10(2)13-6-12(18)7-14(11(3)4)15(13)8-16(20)19-25(22,23)9-17(21)24-5/h6-7,10-11H,8-9H2,1-5H3,(H,19,20). The Morgan fingerprint density at radius 1 is 1.12 bits per heavy atom. The van der Waals surface area contributed by atoms with E-state index in [1.54, 1.807) is 0 Å². The van der Waals surface area contributed by atoms with Crippen LogP contribution in [0.1, 0.15) is 56.2 Å². The molecule has 0 atom stereocenters. The van der Waals surface area contributed by atoms with Gasteiger partial charge in [-0.15, -0.1) is 0 Å². The van der Waals surface area contributed by atoms with Crippen LogP contribution in [0, 0.1) is 5.82 Å². The van der Waals surface area contributed by atoms with Crippen molar-refractivity contribution in [2.75, 3.05) is 12.9 Å². The molecule has 0 aromatic heterocycles. The molecule has 0 unspecified atom stereocenters. The molecule has 6 nitrogen and oxygen atoms in total. The summed E-state index contributed by atoms with van der Waals surface area (Å²) in [6.07, 6.45) is -0.221. The molecule has 0 radical (unpaired) electrons. The summed E-state index contributed by atoms with van der Waals surface area (Å²) in [6, 6.07) is 2.73. The number of hydrogen-bond donors (Lipinski definition) is 1. The topological polar surface area (TPSA) is 89.5 Å². The molecule has 1 N–H and O–H groups in total. The van der Waals surface area contributed by atoms with Crippen LogP contribution >= 0.6 is 0 Å². The van der Waals surface area contributed by atoms with Crippen LogP contribution in [-0.2, 0) is 30.8 Å². The van der Waals surface area contributed by atoms with E-state index in [1.165, 1.54) is 12.1 Å². The van der Waals surface area contributed by atoms with Crippen molar-refractivity contribution in [1.82, 2.24) is 4.72 Å². The second-order valence-electron chi connectivity index (χ2n) is 6.41. The number of carbonyl (C=O) groups excluding carboxylic acids is 2. The summed E-state index contributed by atoms with van der Waals surface area (Å²) in [5, 5.41) is 0. The third-order valence-corrected chi connectivity index (χ3v) is 4.82. The molecular weight excluding hydrogens is 349 g/mol. The number of sulfonamides is 1. The second-order valence-corrected chi connectivity index (χ2v) is 8.13. The summed E-state index contributed by atoms with van der Waals surface area (Å²) in [5.41, 5.74) is 1.92. The fourth-order valence-electron chi connectivity index (χ4n) is 2.53. The molecule has 0 saturated carbocycles. The van der Waals surface area contributed by atoms with Crippen LogP contribution in [0.2, 0.25) is 0 Å². The van der Waals surface area contributed by atoms with Gasteiger partial charge < -0.3 is 4.74 Å². The third-order valence-electron chi connectivity index (χ3n) is 3.67. The summed E-state index contributed by atoms with van der Waals surface area (Å²) < 4.78 is 43.6. The molecular formula is C17H24FNO5S. The number of nitrogens with one attached hydrogen (secondary N) is 1. The molecule has 0 fully saturated rings. The first-order chi connectivity index (χ1) is 11.5. The Morgan fingerprint density at radius 3 is 2.00 bits per heavy atom. The van der Waals surface area contributed by atoms with Gasteiger partial charge in [-0.1, -0.05) is 27.7 Å². The van der Waals surface area contributed by atoms with Crippen molar-refractivity contribution in [1.29, 1.82) is 0 Å². The van der Waals surface area contributed by atoms with Crippen molar-refractivity contribution in [3.05, 3.63) is 34.6 Å². The summed E-state index contributed by atoms with van der Waals surface area (Å²) >= 11 is 0. The largest absolute Gasteiger partial charge is 0.468 e. The molecule has 1 aromatic carbocycles. The Hall–Kier alpha value is -1.96. The highest BCUT2D eigenvalue weighted by molar-refractivity contribution is 7.90. The van der Waals surface area contributed by atoms with Crippen molar-refractivity contribution >= 4 is 21.9 Å². The number of methoxy groups -OCH3 is 1. The van der Waals surface area contributed by atoms with Crippen LogP contribution in [0.15, 0.2) is 12.1 Å². The Balaban J connectivity index is 3.13. The summed E-state index contributed by atoms with van der Waals surface area (Å²) in [7, 11) is -3.08. The Labute approximate surface area is 147 Å². The number of hydrogen-bond acceptors (Lipinski definition) is 5. The van der Waals surface area contributed by atoms with E-state index in [1.807, 2.05) is 32.4 Å². The zero-order chi connectivity index (χ0) is 19.4. The van der Waals surface area contributed by atoms with Crippen LogP contribution in [0.4, 0.5) is 4.39 Å². The lowest BCUT2D eigenvalue weighted by molar-refractivity contribution is -0.137. The third kappa shape index (κ3) is 6.12. The molecule has 140 valence electrons. The number of halogens is 1. The molecule has 0 spiro atoms. The molecule has 8 heteroatoms. The van der Waals surface area contributed by atoms with Crippen molar-refractivity contribution in [2.45, 2.75) is 46.0 Å². The maximum atomic E-state index is 13.9. The summed E-state index contributed by atoms with van der Waals surface area (Å²) in [5.74, 6) is -3.15. The van der Waals surface area contributed by atoms with E-state index in [2.05, 4.69) is 4.74 Å². The molecule has 0 bridgehead atoms. The molecule has 0 aliphatic rings. The molecule has 0 heterocycles. The normalized spacial score (nSPS) is 11.7. The van der Waals surface area contributed by atoms with Crippen LogP contribution in [-0.4, -0.2) is 33.2 Å². The Kier molecular flexibility index (Phi) is 7.10. The van der Waals surface area contributed by atoms with E-state index < -0.39 is 33.5 Å². The molecule has 0 aliphatic heterocycles. The number of rotatable bonds is 7. The highest BCUT2D eigenvalue weighted by Crippen LogP contribution is 2.29. The van der Waals surface area contributed by atoms with Crippen molar-refractivity contribution in [3.63, 3.8) is 0 Å². The van der Waals surface area contributed by atoms with E-state index in [4.69, 9.17) is 0 Å². The van der Waals surface area contributed by atoms with Gasteiger partial charge in [-0.05, 0) is 40.7 Å². The maximum absolute atomic E-state index is 13.9. The van der Waals surface area contributed by atoms with Crippen molar-refractivity contribution in [3.8, 4) is 0 Å². The van der Waals surface area contributed by atoms with Gasteiger partial charge in [0, 0.05) is 0 Å². The van der Waals surface area contributed by atoms with E-state index in [-0.39, 0.29) is 18.3 Å². The first kappa shape index (κ1) is 21.1. The monoisotopic (exact) mass is 373 g/mol. The zero-order valence-electron chi connectivity index (χ0n) is 15.1. The molecule has 1 aromatic rings. The van der Waals surface area contributed by atoms with Crippen molar-refractivity contribution in [2.24, 2.45) is 0 Å². The predicted octanol–water partition coefficient (Wildman–Crippen LogP) is 2.23. The molecule has 1 rings (SSSR count). The fraction of sp³-hybridized carbons (Fsp3) is 0.529. The highest BCUT2D eigenvalue weighted by atomic mass is 32.2. The second kappa shape index (κ2) is 8.42. The van der Waals surface area contributed by atoms with Gasteiger partial charge in [0.05, 0.1) is 13.5 Å². The van der Waals surface area contributed by atoms with Gasteiger partial charge >= 0.3 is 5.97 Å². The van der Waals surface area contributed by atoms with Crippen LogP contribution in [0.5, 0.6) is 0 Å². The molecule has 1 amide bonds. The smallest absolute Gasteiger partial charge is 0.322 e. The van der Waals surface area contributed by atoms with Crippen LogP contribution < -0.4 is 4.72 Å². The maximum Gasteiger partial charge on any atom is 0.322 e. The van der Waals surface area contributed by atoms with Gasteiger partial charge in [0.2, 0.25) is 15.9 Å². The van der Waals surface area contributed by atoms with Gasteiger partial charge in [0.15, 0.2) is 5.75 Å². The van der Waals surface area contributed by atoms with Gasteiger partial charge in [0.1, 0.15) is 5.82 Å². The number of amides is 1. The zero-order valence-corrected chi connectivity index (χ0v) is 15.9. The quantitative estimate of drug-likeness (QED) is 0.741. The Bertz CT molecular complexity index is 727. The molecule has 25 heavy (non-hydrogen) atoms. The lowest BCUT2D eigenvalue weighted by Gasteiger charge is -2.20. The lowest BCUT2D eigenvalue weighted by Crippen LogP contribution is -2.36. The molecule has 0 aliphatic carbocycles.